The number of hydrogen-bond donors (Lipinski definition) is 1. The van der Waals surface area contributed by atoms with E-state index in [-0.39, 0.29) is 24.5 Å². The first-order valence-electron chi connectivity index (χ1n) is 8.18. The molecule has 1 aromatic carbocycles. The number of nitrogens with one attached hydrogen (secondary N) is 1. The lowest BCUT2D eigenvalue weighted by Gasteiger charge is -2.14. The third-order valence-corrected chi connectivity index (χ3v) is 4.76. The molecule has 4 nitrogen and oxygen atoms in total. The van der Waals surface area contributed by atoms with Gasteiger partial charge in [-0.15, -0.1) is 11.3 Å². The molecule has 0 spiro atoms. The van der Waals surface area contributed by atoms with Gasteiger partial charge in [0.2, 0.25) is 5.91 Å². The lowest BCUT2D eigenvalue weighted by Crippen LogP contribution is -2.23. The van der Waals surface area contributed by atoms with Gasteiger partial charge in [-0.05, 0) is 36.2 Å². The van der Waals surface area contributed by atoms with Crippen LogP contribution in [0.1, 0.15) is 40.6 Å². The molecule has 5 heteroatoms. The molecule has 0 saturated carbocycles. The SMILES string of the molecule is CCN(C)Cc1cccc(CNC(=O)CCC(=O)c2cccs2)c1. The van der Waals surface area contributed by atoms with Crippen molar-refractivity contribution >= 4 is 23.0 Å². The number of carbonyl (C=O) groups is 2. The minimum atomic E-state index is -0.0871. The summed E-state index contributed by atoms with van der Waals surface area (Å²) in [4.78, 5) is 26.8. The highest BCUT2D eigenvalue weighted by molar-refractivity contribution is 7.12. The van der Waals surface area contributed by atoms with E-state index >= 15 is 0 Å². The van der Waals surface area contributed by atoms with Crippen LogP contribution < -0.4 is 5.32 Å². The molecule has 1 heterocycles. The van der Waals surface area contributed by atoms with E-state index in [0.717, 1.165) is 23.5 Å². The van der Waals surface area contributed by atoms with Gasteiger partial charge in [0.25, 0.3) is 0 Å². The molecule has 2 rings (SSSR count). The molecule has 0 radical (unpaired) electrons. The zero-order valence-corrected chi connectivity index (χ0v) is 15.1. The lowest BCUT2D eigenvalue weighted by atomic mass is 10.1. The molecule has 1 amide bonds. The third-order valence-electron chi connectivity index (χ3n) is 3.85. The van der Waals surface area contributed by atoms with Crippen molar-refractivity contribution in [1.82, 2.24) is 10.2 Å². The molecule has 0 aliphatic heterocycles. The minimum Gasteiger partial charge on any atom is -0.352 e. The number of hydrogen-bond acceptors (Lipinski definition) is 4. The number of benzene rings is 1. The number of amides is 1. The topological polar surface area (TPSA) is 49.4 Å². The minimum absolute atomic E-state index is 0.0322. The Kier molecular flexibility index (Phi) is 7.15. The number of nitrogens with zero attached hydrogens (tertiary/aromatic N) is 1. The van der Waals surface area contributed by atoms with Gasteiger partial charge in [-0.3, -0.25) is 9.59 Å². The summed E-state index contributed by atoms with van der Waals surface area (Å²) in [6, 6.07) is 11.9. The van der Waals surface area contributed by atoms with Crippen LogP contribution in [-0.4, -0.2) is 30.2 Å². The molecular weight excluding hydrogens is 320 g/mol. The van der Waals surface area contributed by atoms with Crippen molar-refractivity contribution in [3.05, 3.63) is 57.8 Å². The predicted molar refractivity (Wildman–Crippen MR) is 98.2 cm³/mol. The summed E-state index contributed by atoms with van der Waals surface area (Å²) < 4.78 is 0. The third kappa shape index (κ3) is 5.91. The molecular formula is C19H24N2O2S. The summed E-state index contributed by atoms with van der Waals surface area (Å²) in [6.45, 7) is 4.52. The van der Waals surface area contributed by atoms with Crippen molar-refractivity contribution in [3.8, 4) is 0 Å². The second-order valence-corrected chi connectivity index (χ2v) is 6.78. The van der Waals surface area contributed by atoms with Gasteiger partial charge in [-0.1, -0.05) is 37.3 Å². The fraction of sp³-hybridized carbons (Fsp3) is 0.368. The fourth-order valence-corrected chi connectivity index (χ4v) is 3.03. The normalized spacial score (nSPS) is 10.8. The smallest absolute Gasteiger partial charge is 0.220 e. The van der Waals surface area contributed by atoms with Gasteiger partial charge in [-0.25, -0.2) is 0 Å². The molecule has 0 aliphatic rings. The second-order valence-electron chi connectivity index (χ2n) is 5.83. The average Bonchev–Trinajstić information content (AvgIpc) is 3.12. The maximum atomic E-state index is 11.9. The molecule has 24 heavy (non-hydrogen) atoms. The molecule has 128 valence electrons. The highest BCUT2D eigenvalue weighted by Gasteiger charge is 2.10. The van der Waals surface area contributed by atoms with Crippen molar-refractivity contribution in [2.24, 2.45) is 0 Å². The Morgan fingerprint density at radius 2 is 1.92 bits per heavy atom. The molecule has 0 bridgehead atoms. The van der Waals surface area contributed by atoms with Crippen molar-refractivity contribution in [3.63, 3.8) is 0 Å². The Morgan fingerprint density at radius 1 is 1.12 bits per heavy atom. The van der Waals surface area contributed by atoms with Gasteiger partial charge < -0.3 is 10.2 Å². The maximum Gasteiger partial charge on any atom is 0.220 e. The summed E-state index contributed by atoms with van der Waals surface area (Å²) in [5.41, 5.74) is 2.31. The highest BCUT2D eigenvalue weighted by Crippen LogP contribution is 2.12. The molecule has 0 fully saturated rings. The Balaban J connectivity index is 1.77. The molecule has 0 saturated heterocycles. The van der Waals surface area contributed by atoms with Crippen molar-refractivity contribution in [2.45, 2.75) is 32.9 Å². The van der Waals surface area contributed by atoms with Crippen LogP contribution in [0, 0.1) is 0 Å². The van der Waals surface area contributed by atoms with Crippen LogP contribution in [0.15, 0.2) is 41.8 Å². The van der Waals surface area contributed by atoms with E-state index < -0.39 is 0 Å². The monoisotopic (exact) mass is 344 g/mol. The van der Waals surface area contributed by atoms with E-state index in [4.69, 9.17) is 0 Å². The average molecular weight is 344 g/mol. The quantitative estimate of drug-likeness (QED) is 0.709. The first kappa shape index (κ1) is 18.4. The van der Waals surface area contributed by atoms with Gasteiger partial charge in [0.1, 0.15) is 0 Å². The Bertz CT molecular complexity index is 668. The fourth-order valence-electron chi connectivity index (χ4n) is 2.34. The Hall–Kier alpha value is -1.98. The standard InChI is InChI=1S/C19H24N2O2S/c1-3-21(2)14-16-7-4-6-15(12-16)13-20-19(23)10-9-17(22)18-8-5-11-24-18/h4-8,11-12H,3,9-10,13-14H2,1-2H3,(H,20,23). The van der Waals surface area contributed by atoms with Crippen LogP contribution in [0.3, 0.4) is 0 Å². The van der Waals surface area contributed by atoms with Crippen LogP contribution in [0.2, 0.25) is 0 Å². The number of rotatable bonds is 9. The summed E-state index contributed by atoms with van der Waals surface area (Å²) in [7, 11) is 2.08. The number of ketones is 1. The Labute approximate surface area is 147 Å². The van der Waals surface area contributed by atoms with Crippen molar-refractivity contribution in [1.29, 1.82) is 0 Å². The second kappa shape index (κ2) is 9.35. The van der Waals surface area contributed by atoms with Crippen LogP contribution in [0.4, 0.5) is 0 Å². The van der Waals surface area contributed by atoms with Gasteiger partial charge >= 0.3 is 0 Å². The Morgan fingerprint density at radius 3 is 2.62 bits per heavy atom. The van der Waals surface area contributed by atoms with E-state index in [1.807, 2.05) is 23.6 Å². The van der Waals surface area contributed by atoms with Gasteiger partial charge in [-0.2, -0.15) is 0 Å². The number of thiophene rings is 1. The van der Waals surface area contributed by atoms with Gasteiger partial charge in [0.15, 0.2) is 5.78 Å². The zero-order chi connectivity index (χ0) is 17.4. The van der Waals surface area contributed by atoms with Crippen LogP contribution >= 0.6 is 11.3 Å². The van der Waals surface area contributed by atoms with Crippen molar-refractivity contribution in [2.75, 3.05) is 13.6 Å². The molecule has 0 aliphatic carbocycles. The summed E-state index contributed by atoms with van der Waals surface area (Å²) >= 11 is 1.42. The van der Waals surface area contributed by atoms with E-state index in [1.165, 1.54) is 16.9 Å². The first-order valence-corrected chi connectivity index (χ1v) is 9.06. The molecule has 1 N–H and O–H groups in total. The van der Waals surface area contributed by atoms with E-state index in [0.29, 0.717) is 6.54 Å². The molecule has 0 unspecified atom stereocenters. The van der Waals surface area contributed by atoms with Gasteiger partial charge in [0.05, 0.1) is 4.88 Å². The van der Waals surface area contributed by atoms with Crippen molar-refractivity contribution < 1.29 is 9.59 Å². The molecule has 0 atom stereocenters. The zero-order valence-electron chi connectivity index (χ0n) is 14.2. The van der Waals surface area contributed by atoms with Crippen LogP contribution in [0.5, 0.6) is 0 Å². The van der Waals surface area contributed by atoms with Gasteiger partial charge in [0, 0.05) is 25.9 Å². The predicted octanol–water partition coefficient (Wildman–Crippen LogP) is 3.48. The maximum absolute atomic E-state index is 11.9. The van der Waals surface area contributed by atoms with E-state index in [2.05, 4.69) is 36.3 Å². The first-order chi connectivity index (χ1) is 11.6. The number of carbonyl (C=O) groups excluding carboxylic acids is 2. The molecule has 2 aromatic rings. The highest BCUT2D eigenvalue weighted by atomic mass is 32.1. The lowest BCUT2D eigenvalue weighted by molar-refractivity contribution is -0.121. The van der Waals surface area contributed by atoms with Crippen LogP contribution in [0.25, 0.3) is 0 Å². The summed E-state index contributed by atoms with van der Waals surface area (Å²) in [5, 5.41) is 4.76. The number of Topliss-reactive ketones (excluding diaryl/α,β-unsaturated/α-hetero) is 1. The largest absolute Gasteiger partial charge is 0.352 e. The summed E-state index contributed by atoms with van der Waals surface area (Å²) in [6.07, 6.45) is 0.489. The van der Waals surface area contributed by atoms with E-state index in [1.54, 1.807) is 6.07 Å². The molecule has 1 aromatic heterocycles. The van der Waals surface area contributed by atoms with Crippen LogP contribution in [-0.2, 0) is 17.9 Å². The summed E-state index contributed by atoms with van der Waals surface area (Å²) in [5.74, 6) is -0.0549. The van der Waals surface area contributed by atoms with E-state index in [9.17, 15) is 9.59 Å².